The average molecular weight is 230 g/mol. The lowest BCUT2D eigenvalue weighted by atomic mass is 10.2. The Hall–Kier alpha value is -1.85. The first-order valence-corrected chi connectivity index (χ1v) is 4.51. The molecule has 0 atom stereocenters. The average Bonchev–Trinajstić information content (AvgIpc) is 2.21. The van der Waals surface area contributed by atoms with Gasteiger partial charge in [0.25, 0.3) is 0 Å². The molecule has 16 heavy (non-hydrogen) atoms. The number of esters is 3. The van der Waals surface area contributed by atoms with E-state index in [-0.39, 0.29) is 18.8 Å². The normalized spacial score (nSPS) is 10.6. The Morgan fingerprint density at radius 1 is 1.06 bits per heavy atom. The van der Waals surface area contributed by atoms with E-state index < -0.39 is 17.9 Å². The molecule has 0 saturated heterocycles. The first kappa shape index (κ1) is 14.2. The number of hydrogen-bond acceptors (Lipinski definition) is 6. The van der Waals surface area contributed by atoms with Crippen LogP contribution < -0.4 is 0 Å². The van der Waals surface area contributed by atoms with Gasteiger partial charge < -0.3 is 14.2 Å². The van der Waals surface area contributed by atoms with E-state index in [1.807, 2.05) is 0 Å². The fourth-order valence-electron chi connectivity index (χ4n) is 0.771. The SMILES string of the molecule is COC(=O)/C(=C\COC(C)=O)COC(C)=O. The molecular formula is C10H14O6. The molecule has 0 saturated carbocycles. The maximum absolute atomic E-state index is 11.2. The van der Waals surface area contributed by atoms with E-state index in [0.717, 1.165) is 0 Å². The third kappa shape index (κ3) is 6.58. The van der Waals surface area contributed by atoms with Crippen molar-refractivity contribution in [3.63, 3.8) is 0 Å². The van der Waals surface area contributed by atoms with Gasteiger partial charge in [-0.05, 0) is 6.08 Å². The van der Waals surface area contributed by atoms with Crippen molar-refractivity contribution in [1.29, 1.82) is 0 Å². The van der Waals surface area contributed by atoms with Crippen molar-refractivity contribution >= 4 is 17.9 Å². The highest BCUT2D eigenvalue weighted by atomic mass is 16.5. The maximum Gasteiger partial charge on any atom is 0.337 e. The molecule has 0 radical (unpaired) electrons. The lowest BCUT2D eigenvalue weighted by Gasteiger charge is -2.05. The van der Waals surface area contributed by atoms with Crippen molar-refractivity contribution in [3.8, 4) is 0 Å². The molecular weight excluding hydrogens is 216 g/mol. The highest BCUT2D eigenvalue weighted by molar-refractivity contribution is 5.89. The van der Waals surface area contributed by atoms with Crippen LogP contribution in [0.5, 0.6) is 0 Å². The van der Waals surface area contributed by atoms with Gasteiger partial charge in [-0.25, -0.2) is 4.79 Å². The molecule has 0 aromatic heterocycles. The van der Waals surface area contributed by atoms with Crippen molar-refractivity contribution in [2.75, 3.05) is 20.3 Å². The Kier molecular flexibility index (Phi) is 6.58. The van der Waals surface area contributed by atoms with E-state index in [2.05, 4.69) is 14.2 Å². The lowest BCUT2D eigenvalue weighted by molar-refractivity contribution is -0.143. The summed E-state index contributed by atoms with van der Waals surface area (Å²) in [5.41, 5.74) is 0.124. The van der Waals surface area contributed by atoms with Crippen molar-refractivity contribution in [1.82, 2.24) is 0 Å². The molecule has 90 valence electrons. The molecule has 0 amide bonds. The van der Waals surface area contributed by atoms with Crippen molar-refractivity contribution in [3.05, 3.63) is 11.6 Å². The van der Waals surface area contributed by atoms with Gasteiger partial charge in [-0.3, -0.25) is 9.59 Å². The van der Waals surface area contributed by atoms with Gasteiger partial charge in [0.05, 0.1) is 12.7 Å². The van der Waals surface area contributed by atoms with Gasteiger partial charge in [0.15, 0.2) is 0 Å². The second-order valence-corrected chi connectivity index (χ2v) is 2.80. The summed E-state index contributed by atoms with van der Waals surface area (Å²) in [6.07, 6.45) is 1.33. The van der Waals surface area contributed by atoms with Gasteiger partial charge in [0.1, 0.15) is 13.2 Å². The number of hydrogen-bond donors (Lipinski definition) is 0. The first-order valence-electron chi connectivity index (χ1n) is 4.51. The Labute approximate surface area is 93.2 Å². The standard InChI is InChI=1S/C10H14O6/c1-7(11)15-5-4-9(10(13)14-3)6-16-8(2)12/h4H,5-6H2,1-3H3/b9-4-. The van der Waals surface area contributed by atoms with Crippen LogP contribution in [0, 0.1) is 0 Å². The molecule has 0 aliphatic rings. The summed E-state index contributed by atoms with van der Waals surface area (Å²) in [6.45, 7) is 2.20. The van der Waals surface area contributed by atoms with Crippen LogP contribution in [-0.4, -0.2) is 38.2 Å². The zero-order valence-electron chi connectivity index (χ0n) is 9.44. The Balaban J connectivity index is 4.35. The molecule has 0 aliphatic heterocycles. The molecule has 0 aliphatic carbocycles. The quantitative estimate of drug-likeness (QED) is 0.381. The summed E-state index contributed by atoms with van der Waals surface area (Å²) in [5, 5.41) is 0. The smallest absolute Gasteiger partial charge is 0.337 e. The highest BCUT2D eigenvalue weighted by Crippen LogP contribution is 1.99. The van der Waals surface area contributed by atoms with Crippen LogP contribution in [0.25, 0.3) is 0 Å². The van der Waals surface area contributed by atoms with E-state index >= 15 is 0 Å². The number of ether oxygens (including phenoxy) is 3. The fraction of sp³-hybridized carbons (Fsp3) is 0.500. The summed E-state index contributed by atoms with van der Waals surface area (Å²) in [5.74, 6) is -1.61. The van der Waals surface area contributed by atoms with Crippen LogP contribution in [0.3, 0.4) is 0 Å². The number of methoxy groups -OCH3 is 1. The second-order valence-electron chi connectivity index (χ2n) is 2.80. The number of rotatable bonds is 5. The van der Waals surface area contributed by atoms with Crippen molar-refractivity contribution in [2.45, 2.75) is 13.8 Å². The zero-order valence-corrected chi connectivity index (χ0v) is 9.44. The Morgan fingerprint density at radius 3 is 2.06 bits per heavy atom. The van der Waals surface area contributed by atoms with Gasteiger partial charge in [0.2, 0.25) is 0 Å². The molecule has 0 bridgehead atoms. The summed E-state index contributed by atoms with van der Waals surface area (Å²) in [7, 11) is 1.20. The van der Waals surface area contributed by atoms with Gasteiger partial charge >= 0.3 is 17.9 Å². The van der Waals surface area contributed by atoms with E-state index in [4.69, 9.17) is 0 Å². The molecule has 0 fully saturated rings. The lowest BCUT2D eigenvalue weighted by Crippen LogP contribution is -2.14. The first-order chi connectivity index (χ1) is 7.47. The molecule has 0 aromatic carbocycles. The molecule has 0 spiro atoms. The summed E-state index contributed by atoms with van der Waals surface area (Å²) in [4.78, 5) is 32.2. The second kappa shape index (κ2) is 7.44. The molecule has 6 nitrogen and oxygen atoms in total. The largest absolute Gasteiger partial charge is 0.466 e. The summed E-state index contributed by atoms with van der Waals surface area (Å²) >= 11 is 0. The minimum absolute atomic E-state index is 0.0684. The number of carbonyl (C=O) groups excluding carboxylic acids is 3. The van der Waals surface area contributed by atoms with Crippen LogP contribution >= 0.6 is 0 Å². The van der Waals surface area contributed by atoms with Crippen LogP contribution in [-0.2, 0) is 28.6 Å². The van der Waals surface area contributed by atoms with Crippen LogP contribution in [0.2, 0.25) is 0 Å². The predicted octanol–water partition coefficient (Wildman–Crippen LogP) is 0.212. The van der Waals surface area contributed by atoms with Crippen molar-refractivity contribution in [2.24, 2.45) is 0 Å². The van der Waals surface area contributed by atoms with E-state index in [9.17, 15) is 14.4 Å². The Bertz CT molecular complexity index is 304. The van der Waals surface area contributed by atoms with E-state index in [0.29, 0.717) is 0 Å². The maximum atomic E-state index is 11.2. The molecule has 0 aromatic rings. The van der Waals surface area contributed by atoms with Gasteiger partial charge in [-0.1, -0.05) is 0 Å². The van der Waals surface area contributed by atoms with Gasteiger partial charge in [-0.15, -0.1) is 0 Å². The summed E-state index contributed by atoms with van der Waals surface area (Å²) in [6, 6.07) is 0. The van der Waals surface area contributed by atoms with Crippen LogP contribution in [0.4, 0.5) is 0 Å². The molecule has 0 N–H and O–H groups in total. The molecule has 0 unspecified atom stereocenters. The van der Waals surface area contributed by atoms with E-state index in [1.54, 1.807) is 0 Å². The van der Waals surface area contributed by atoms with Crippen LogP contribution in [0.15, 0.2) is 11.6 Å². The third-order valence-electron chi connectivity index (χ3n) is 1.49. The minimum Gasteiger partial charge on any atom is -0.466 e. The monoisotopic (exact) mass is 230 g/mol. The fourth-order valence-corrected chi connectivity index (χ4v) is 0.771. The zero-order chi connectivity index (χ0) is 12.6. The summed E-state index contributed by atoms with van der Waals surface area (Å²) < 4.78 is 13.7. The highest BCUT2D eigenvalue weighted by Gasteiger charge is 2.11. The van der Waals surface area contributed by atoms with Gasteiger partial charge in [0, 0.05) is 13.8 Å². The Morgan fingerprint density at radius 2 is 1.62 bits per heavy atom. The predicted molar refractivity (Wildman–Crippen MR) is 53.4 cm³/mol. The number of carbonyl (C=O) groups is 3. The van der Waals surface area contributed by atoms with Gasteiger partial charge in [-0.2, -0.15) is 0 Å². The molecule has 6 heteroatoms. The minimum atomic E-state index is -0.631. The topological polar surface area (TPSA) is 78.9 Å². The third-order valence-corrected chi connectivity index (χ3v) is 1.49. The molecule has 0 rings (SSSR count). The van der Waals surface area contributed by atoms with E-state index in [1.165, 1.54) is 27.0 Å². The van der Waals surface area contributed by atoms with Crippen molar-refractivity contribution < 1.29 is 28.6 Å². The molecule has 0 heterocycles. The van der Waals surface area contributed by atoms with Crippen LogP contribution in [0.1, 0.15) is 13.8 Å².